The van der Waals surface area contributed by atoms with Crippen molar-refractivity contribution >= 4 is 34.8 Å². The summed E-state index contributed by atoms with van der Waals surface area (Å²) in [5.74, 6) is 1.69. The number of hydrogen-bond donors (Lipinski definition) is 0. The molecule has 6 heteroatoms. The average Bonchev–Trinajstić information content (AvgIpc) is 3.38. The number of ether oxygens (including phenoxy) is 1. The molecule has 0 bridgehead atoms. The van der Waals surface area contributed by atoms with Gasteiger partial charge in [0.1, 0.15) is 11.5 Å². The molecular weight excluding hydrogens is 422 g/mol. The van der Waals surface area contributed by atoms with E-state index in [4.69, 9.17) is 9.15 Å². The minimum atomic E-state index is -0.323. The molecule has 2 heterocycles. The second-order valence-corrected chi connectivity index (χ2v) is 9.07. The first-order valence-electron chi connectivity index (χ1n) is 10.5. The van der Waals surface area contributed by atoms with Gasteiger partial charge in [0.15, 0.2) is 0 Å². The van der Waals surface area contributed by atoms with Crippen LogP contribution in [0.5, 0.6) is 5.75 Å². The van der Waals surface area contributed by atoms with Gasteiger partial charge < -0.3 is 9.15 Å². The lowest BCUT2D eigenvalue weighted by Crippen LogP contribution is -2.31. The molecule has 2 aromatic carbocycles. The van der Waals surface area contributed by atoms with Crippen LogP contribution in [0, 0.1) is 12.8 Å². The molecule has 1 aliphatic heterocycles. The lowest BCUT2D eigenvalue weighted by atomic mass is 10.0. The molecular formula is C26H25NO4S. The molecule has 4 rings (SSSR count). The number of hydrogen-bond acceptors (Lipinski definition) is 5. The van der Waals surface area contributed by atoms with E-state index in [9.17, 15) is 9.59 Å². The zero-order valence-electron chi connectivity index (χ0n) is 18.3. The van der Waals surface area contributed by atoms with Crippen LogP contribution in [0.25, 0.3) is 5.57 Å². The standard InChI is InChI=1S/C26H25NO4S/c1-17(2)15-31-21-12-10-20(11-13-21)27-25(28)23(19-8-6-18(3)7-9-19)24(26(27)29)32-16-22-5-4-14-30-22/h4-14,17H,15-16H2,1-3H3. The predicted molar refractivity (Wildman–Crippen MR) is 127 cm³/mol. The average molecular weight is 448 g/mol. The minimum Gasteiger partial charge on any atom is -0.493 e. The Morgan fingerprint density at radius 2 is 1.69 bits per heavy atom. The van der Waals surface area contributed by atoms with Gasteiger partial charge >= 0.3 is 0 Å². The summed E-state index contributed by atoms with van der Waals surface area (Å²) in [6.45, 7) is 6.75. The molecule has 32 heavy (non-hydrogen) atoms. The number of carbonyl (C=O) groups excluding carboxylic acids is 2. The Bertz CT molecular complexity index is 1130. The number of anilines is 1. The largest absolute Gasteiger partial charge is 0.493 e. The Balaban J connectivity index is 1.64. The summed E-state index contributed by atoms with van der Waals surface area (Å²) < 4.78 is 11.1. The minimum absolute atomic E-state index is 0.321. The summed E-state index contributed by atoms with van der Waals surface area (Å²) in [6.07, 6.45) is 1.60. The first-order valence-corrected chi connectivity index (χ1v) is 11.5. The number of rotatable bonds is 8. The third-order valence-corrected chi connectivity index (χ3v) is 6.09. The Kier molecular flexibility index (Phi) is 6.51. The van der Waals surface area contributed by atoms with Gasteiger partial charge in [0, 0.05) is 0 Å². The lowest BCUT2D eigenvalue weighted by molar-refractivity contribution is -0.119. The second-order valence-electron chi connectivity index (χ2n) is 8.08. The zero-order chi connectivity index (χ0) is 22.7. The van der Waals surface area contributed by atoms with Crippen molar-refractivity contribution in [1.82, 2.24) is 0 Å². The highest BCUT2D eigenvalue weighted by atomic mass is 32.2. The van der Waals surface area contributed by atoms with Crippen LogP contribution in [0.3, 0.4) is 0 Å². The van der Waals surface area contributed by atoms with Crippen LogP contribution < -0.4 is 9.64 Å². The number of furan rings is 1. The second kappa shape index (κ2) is 9.49. The van der Waals surface area contributed by atoms with Gasteiger partial charge in [-0.25, -0.2) is 4.90 Å². The van der Waals surface area contributed by atoms with Crippen molar-refractivity contribution in [1.29, 1.82) is 0 Å². The molecule has 0 fully saturated rings. The summed E-state index contributed by atoms with van der Waals surface area (Å²) in [6, 6.07) is 18.4. The molecule has 0 unspecified atom stereocenters. The van der Waals surface area contributed by atoms with Crippen LogP contribution >= 0.6 is 11.8 Å². The molecule has 1 aliphatic rings. The molecule has 164 valence electrons. The number of thioether (sulfide) groups is 1. The van der Waals surface area contributed by atoms with Crippen LogP contribution in [-0.4, -0.2) is 18.4 Å². The fourth-order valence-electron chi connectivity index (χ4n) is 3.35. The van der Waals surface area contributed by atoms with Crippen molar-refractivity contribution in [3.63, 3.8) is 0 Å². The molecule has 0 spiro atoms. The van der Waals surface area contributed by atoms with E-state index < -0.39 is 0 Å². The van der Waals surface area contributed by atoms with Crippen molar-refractivity contribution < 1.29 is 18.7 Å². The number of amides is 2. The van der Waals surface area contributed by atoms with E-state index in [0.29, 0.717) is 40.2 Å². The maximum absolute atomic E-state index is 13.5. The summed E-state index contributed by atoms with van der Waals surface area (Å²) in [5, 5.41) is 0. The quantitative estimate of drug-likeness (QED) is 0.406. The van der Waals surface area contributed by atoms with Gasteiger partial charge in [-0.3, -0.25) is 9.59 Å². The third-order valence-electron chi connectivity index (χ3n) is 5.00. The van der Waals surface area contributed by atoms with Gasteiger partial charge in [-0.2, -0.15) is 0 Å². The SMILES string of the molecule is Cc1ccc(C2=C(SCc3ccco3)C(=O)N(c3ccc(OCC(C)C)cc3)C2=O)cc1. The van der Waals surface area contributed by atoms with Crippen molar-refractivity contribution in [2.75, 3.05) is 11.5 Å². The number of benzene rings is 2. The van der Waals surface area contributed by atoms with Gasteiger partial charge in [0.2, 0.25) is 0 Å². The molecule has 0 saturated heterocycles. The fourth-order valence-corrected chi connectivity index (χ4v) is 4.36. The molecule has 3 aromatic rings. The summed E-state index contributed by atoms with van der Waals surface area (Å²) in [7, 11) is 0. The van der Waals surface area contributed by atoms with E-state index in [2.05, 4.69) is 13.8 Å². The van der Waals surface area contributed by atoms with Crippen molar-refractivity contribution in [3.8, 4) is 5.75 Å². The van der Waals surface area contributed by atoms with E-state index in [1.165, 1.54) is 16.7 Å². The van der Waals surface area contributed by atoms with Crippen LogP contribution in [0.2, 0.25) is 0 Å². The van der Waals surface area contributed by atoms with Crippen molar-refractivity contribution in [3.05, 3.63) is 88.7 Å². The monoisotopic (exact) mass is 447 g/mol. The highest BCUT2D eigenvalue weighted by Gasteiger charge is 2.40. The molecule has 0 aliphatic carbocycles. The Hall–Kier alpha value is -3.25. The van der Waals surface area contributed by atoms with E-state index >= 15 is 0 Å². The molecule has 2 amide bonds. The molecule has 0 atom stereocenters. The van der Waals surface area contributed by atoms with Crippen molar-refractivity contribution in [2.45, 2.75) is 26.5 Å². The first kappa shape index (κ1) is 22.0. The van der Waals surface area contributed by atoms with Crippen LogP contribution in [-0.2, 0) is 15.3 Å². The van der Waals surface area contributed by atoms with E-state index in [-0.39, 0.29) is 11.8 Å². The Labute approximate surface area is 192 Å². The van der Waals surface area contributed by atoms with Gasteiger partial charge in [-0.15, -0.1) is 11.8 Å². The maximum Gasteiger partial charge on any atom is 0.272 e. The smallest absolute Gasteiger partial charge is 0.272 e. The normalized spacial score (nSPS) is 14.1. The van der Waals surface area contributed by atoms with Crippen LogP contribution in [0.15, 0.2) is 76.2 Å². The Morgan fingerprint density at radius 1 is 0.969 bits per heavy atom. The van der Waals surface area contributed by atoms with Gasteiger partial charge in [-0.1, -0.05) is 43.7 Å². The number of carbonyl (C=O) groups is 2. The first-order chi connectivity index (χ1) is 15.4. The zero-order valence-corrected chi connectivity index (χ0v) is 19.1. The highest BCUT2D eigenvalue weighted by Crippen LogP contribution is 2.40. The number of imide groups is 1. The van der Waals surface area contributed by atoms with Gasteiger partial charge in [0.25, 0.3) is 11.8 Å². The molecule has 0 N–H and O–H groups in total. The summed E-state index contributed by atoms with van der Waals surface area (Å²) >= 11 is 1.32. The summed E-state index contributed by atoms with van der Waals surface area (Å²) in [5.41, 5.74) is 2.77. The van der Waals surface area contributed by atoms with Crippen LogP contribution in [0.4, 0.5) is 5.69 Å². The number of nitrogens with zero attached hydrogens (tertiary/aromatic N) is 1. The Morgan fingerprint density at radius 3 is 2.31 bits per heavy atom. The van der Waals surface area contributed by atoms with Gasteiger partial charge in [-0.05, 0) is 54.8 Å². The van der Waals surface area contributed by atoms with E-state index in [1.807, 2.05) is 43.3 Å². The molecule has 1 aromatic heterocycles. The molecule has 5 nitrogen and oxygen atoms in total. The van der Waals surface area contributed by atoms with E-state index in [0.717, 1.165) is 16.9 Å². The molecule has 0 radical (unpaired) electrons. The van der Waals surface area contributed by atoms with Gasteiger partial charge in [0.05, 0.1) is 34.8 Å². The fraction of sp³-hybridized carbons (Fsp3) is 0.231. The molecule has 0 saturated carbocycles. The number of aryl methyl sites for hydroxylation is 1. The topological polar surface area (TPSA) is 59.8 Å². The predicted octanol–water partition coefficient (Wildman–Crippen LogP) is 5.84. The lowest BCUT2D eigenvalue weighted by Gasteiger charge is -2.16. The third kappa shape index (κ3) is 4.65. The van der Waals surface area contributed by atoms with E-state index in [1.54, 1.807) is 30.5 Å². The maximum atomic E-state index is 13.5. The highest BCUT2D eigenvalue weighted by molar-refractivity contribution is 8.03. The van der Waals surface area contributed by atoms with Crippen LogP contribution in [0.1, 0.15) is 30.7 Å². The van der Waals surface area contributed by atoms with Crippen molar-refractivity contribution in [2.24, 2.45) is 5.92 Å². The summed E-state index contributed by atoms with van der Waals surface area (Å²) in [4.78, 5) is 28.5.